The minimum atomic E-state index is -0.282. The number of halogens is 1. The first-order valence-electron chi connectivity index (χ1n) is 10.6. The zero-order valence-electron chi connectivity index (χ0n) is 17.4. The largest absolute Gasteiger partial charge is 0.365 e. The third-order valence-corrected chi connectivity index (χ3v) is 5.36. The highest BCUT2D eigenvalue weighted by Crippen LogP contribution is 2.18. The number of nitrogens with zero attached hydrogens (tertiary/aromatic N) is 5. The molecule has 9 heteroatoms. The molecule has 4 rings (SSSR count). The van der Waals surface area contributed by atoms with Gasteiger partial charge in [-0.05, 0) is 32.0 Å². The van der Waals surface area contributed by atoms with Gasteiger partial charge in [-0.2, -0.15) is 10.1 Å². The number of likely N-dealkylation sites (tertiary alicyclic amines) is 1. The third-order valence-electron chi connectivity index (χ3n) is 5.36. The van der Waals surface area contributed by atoms with Crippen molar-refractivity contribution in [3.8, 4) is 0 Å². The van der Waals surface area contributed by atoms with E-state index < -0.39 is 0 Å². The lowest BCUT2D eigenvalue weighted by molar-refractivity contribution is 0.218. The number of piperidine rings is 1. The van der Waals surface area contributed by atoms with Crippen LogP contribution in [0.4, 0.5) is 21.8 Å². The van der Waals surface area contributed by atoms with E-state index in [9.17, 15) is 4.39 Å². The van der Waals surface area contributed by atoms with E-state index in [1.807, 2.05) is 10.9 Å². The van der Waals surface area contributed by atoms with Crippen LogP contribution in [-0.4, -0.2) is 50.5 Å². The van der Waals surface area contributed by atoms with E-state index in [0.29, 0.717) is 22.9 Å². The summed E-state index contributed by atoms with van der Waals surface area (Å²) in [4.78, 5) is 11.2. The normalized spacial score (nSPS) is 14.4. The summed E-state index contributed by atoms with van der Waals surface area (Å²) in [7, 11) is 0. The molecule has 0 atom stereocenters. The molecule has 1 saturated heterocycles. The molecule has 3 N–H and O–H groups in total. The van der Waals surface area contributed by atoms with Crippen molar-refractivity contribution < 1.29 is 4.39 Å². The van der Waals surface area contributed by atoms with Crippen LogP contribution in [0.25, 0.3) is 0 Å². The van der Waals surface area contributed by atoms with Crippen LogP contribution in [-0.2, 0) is 13.1 Å². The lowest BCUT2D eigenvalue weighted by Crippen LogP contribution is -2.32. The van der Waals surface area contributed by atoms with Crippen molar-refractivity contribution in [1.29, 1.82) is 5.41 Å². The van der Waals surface area contributed by atoms with E-state index >= 15 is 0 Å². The van der Waals surface area contributed by atoms with Gasteiger partial charge in [0.05, 0.1) is 24.0 Å². The first-order valence-corrected chi connectivity index (χ1v) is 10.6. The van der Waals surface area contributed by atoms with Gasteiger partial charge >= 0.3 is 0 Å². The van der Waals surface area contributed by atoms with Gasteiger partial charge in [-0.15, -0.1) is 0 Å². The number of anilines is 3. The van der Waals surface area contributed by atoms with Gasteiger partial charge in [0.2, 0.25) is 5.95 Å². The van der Waals surface area contributed by atoms with Crippen LogP contribution in [0.2, 0.25) is 0 Å². The van der Waals surface area contributed by atoms with Gasteiger partial charge in [0.25, 0.3) is 0 Å². The average molecular weight is 423 g/mol. The van der Waals surface area contributed by atoms with Crippen LogP contribution < -0.4 is 10.6 Å². The molecule has 0 amide bonds. The number of benzene rings is 1. The van der Waals surface area contributed by atoms with Crippen molar-refractivity contribution in [2.45, 2.75) is 32.4 Å². The average Bonchev–Trinajstić information content (AvgIpc) is 3.25. The fourth-order valence-corrected chi connectivity index (χ4v) is 3.63. The summed E-state index contributed by atoms with van der Waals surface area (Å²) in [5.74, 6) is 0.571. The Morgan fingerprint density at radius 1 is 1.10 bits per heavy atom. The van der Waals surface area contributed by atoms with Gasteiger partial charge in [0.1, 0.15) is 11.6 Å². The van der Waals surface area contributed by atoms with Crippen molar-refractivity contribution in [3.05, 3.63) is 59.8 Å². The summed E-state index contributed by atoms with van der Waals surface area (Å²) in [6, 6.07) is 6.57. The summed E-state index contributed by atoms with van der Waals surface area (Å²) < 4.78 is 15.8. The maximum atomic E-state index is 13.9. The second kappa shape index (κ2) is 10.1. The Kier molecular flexibility index (Phi) is 6.83. The molecule has 3 aromatic rings. The summed E-state index contributed by atoms with van der Waals surface area (Å²) in [5, 5.41) is 18.3. The molecule has 1 aromatic carbocycles. The minimum absolute atomic E-state index is 0.262. The van der Waals surface area contributed by atoms with Gasteiger partial charge in [-0.25, -0.2) is 9.37 Å². The van der Waals surface area contributed by atoms with Crippen molar-refractivity contribution in [2.24, 2.45) is 0 Å². The predicted octanol–water partition coefficient (Wildman–Crippen LogP) is 3.65. The summed E-state index contributed by atoms with van der Waals surface area (Å²) >= 11 is 0. The molecule has 162 valence electrons. The van der Waals surface area contributed by atoms with Gasteiger partial charge in [-0.1, -0.05) is 24.6 Å². The van der Waals surface area contributed by atoms with Gasteiger partial charge in [-0.3, -0.25) is 4.68 Å². The van der Waals surface area contributed by atoms with E-state index in [0.717, 1.165) is 18.8 Å². The molecule has 0 bridgehead atoms. The van der Waals surface area contributed by atoms with Crippen molar-refractivity contribution in [3.63, 3.8) is 0 Å². The molecule has 31 heavy (non-hydrogen) atoms. The molecule has 1 fully saturated rings. The van der Waals surface area contributed by atoms with Crippen LogP contribution in [0.3, 0.4) is 0 Å². The Morgan fingerprint density at radius 3 is 2.74 bits per heavy atom. The molecular weight excluding hydrogens is 395 g/mol. The molecule has 1 aliphatic heterocycles. The smallest absolute Gasteiger partial charge is 0.229 e. The molecule has 0 spiro atoms. The second-order valence-electron chi connectivity index (χ2n) is 7.61. The van der Waals surface area contributed by atoms with E-state index in [1.54, 1.807) is 30.6 Å². The van der Waals surface area contributed by atoms with Crippen LogP contribution in [0.5, 0.6) is 0 Å². The Bertz CT molecular complexity index is 1010. The zero-order valence-corrected chi connectivity index (χ0v) is 17.4. The van der Waals surface area contributed by atoms with Crippen LogP contribution >= 0.6 is 0 Å². The van der Waals surface area contributed by atoms with Crippen LogP contribution in [0.1, 0.15) is 30.4 Å². The Labute approximate surface area is 181 Å². The highest BCUT2D eigenvalue weighted by atomic mass is 19.1. The van der Waals surface area contributed by atoms with Gasteiger partial charge < -0.3 is 20.9 Å². The summed E-state index contributed by atoms with van der Waals surface area (Å²) in [6.07, 6.45) is 10.3. The molecule has 3 heterocycles. The van der Waals surface area contributed by atoms with Crippen LogP contribution in [0.15, 0.2) is 42.9 Å². The fourth-order valence-electron chi connectivity index (χ4n) is 3.63. The van der Waals surface area contributed by atoms with E-state index in [2.05, 4.69) is 30.6 Å². The SMILES string of the molecule is N=Cc1cnc(Nc2cnn(CCN3CCCCC3)c2)nc1NCc1ccccc1F. The zero-order chi connectivity index (χ0) is 21.5. The van der Waals surface area contributed by atoms with E-state index in [1.165, 1.54) is 44.6 Å². The van der Waals surface area contributed by atoms with E-state index in [4.69, 9.17) is 5.41 Å². The summed E-state index contributed by atoms with van der Waals surface area (Å²) in [6.45, 7) is 4.43. The number of hydrogen-bond acceptors (Lipinski definition) is 7. The predicted molar refractivity (Wildman–Crippen MR) is 119 cm³/mol. The second-order valence-corrected chi connectivity index (χ2v) is 7.61. The molecule has 0 aliphatic carbocycles. The maximum Gasteiger partial charge on any atom is 0.229 e. The number of rotatable bonds is 9. The first-order chi connectivity index (χ1) is 15.2. The summed E-state index contributed by atoms with van der Waals surface area (Å²) in [5.41, 5.74) is 1.85. The molecular formula is C22H27FN8. The molecule has 0 unspecified atom stereocenters. The minimum Gasteiger partial charge on any atom is -0.365 e. The Morgan fingerprint density at radius 2 is 1.94 bits per heavy atom. The Balaban J connectivity index is 1.38. The molecule has 1 aliphatic rings. The van der Waals surface area contributed by atoms with E-state index in [-0.39, 0.29) is 12.4 Å². The fraction of sp³-hybridized carbons (Fsp3) is 0.364. The number of nitrogens with one attached hydrogen (secondary N) is 3. The van der Waals surface area contributed by atoms with Crippen molar-refractivity contribution >= 4 is 23.7 Å². The highest BCUT2D eigenvalue weighted by molar-refractivity contribution is 5.84. The molecule has 0 radical (unpaired) electrons. The van der Waals surface area contributed by atoms with Gasteiger partial charge in [0.15, 0.2) is 0 Å². The molecule has 2 aromatic heterocycles. The van der Waals surface area contributed by atoms with Crippen LogP contribution in [0, 0.1) is 11.2 Å². The monoisotopic (exact) mass is 422 g/mol. The standard InChI is InChI=1S/C22H27FN8/c23-20-7-3-2-6-17(20)13-25-21-18(12-24)14-26-22(29-21)28-19-15-27-31(16-19)11-10-30-8-4-1-5-9-30/h2-3,6-7,12,14-16,24H,1,4-5,8-11,13H2,(H2,25,26,28,29). The van der Waals surface area contributed by atoms with Gasteiger partial charge in [0, 0.05) is 37.3 Å². The quantitative estimate of drug-likeness (QED) is 0.456. The maximum absolute atomic E-state index is 13.9. The van der Waals surface area contributed by atoms with Crippen molar-refractivity contribution in [2.75, 3.05) is 30.3 Å². The molecule has 8 nitrogen and oxygen atoms in total. The lowest BCUT2D eigenvalue weighted by atomic mass is 10.1. The highest BCUT2D eigenvalue weighted by Gasteiger charge is 2.11. The molecule has 0 saturated carbocycles. The lowest BCUT2D eigenvalue weighted by Gasteiger charge is -2.26. The van der Waals surface area contributed by atoms with Crippen molar-refractivity contribution in [1.82, 2.24) is 24.6 Å². The third kappa shape index (κ3) is 5.64. The Hall–Kier alpha value is -3.33. The number of aromatic nitrogens is 4. The first kappa shape index (κ1) is 20.9. The number of hydrogen-bond donors (Lipinski definition) is 3. The topological polar surface area (TPSA) is 94.8 Å².